The molecule has 96 valence electrons. The fourth-order valence-electron chi connectivity index (χ4n) is 2.04. The van der Waals surface area contributed by atoms with E-state index in [1.54, 1.807) is 6.07 Å². The highest BCUT2D eigenvalue weighted by atomic mass is 16.5. The number of rotatable bonds is 3. The van der Waals surface area contributed by atoms with E-state index in [0.29, 0.717) is 17.2 Å². The van der Waals surface area contributed by atoms with Crippen molar-refractivity contribution in [3.63, 3.8) is 0 Å². The van der Waals surface area contributed by atoms with Crippen molar-refractivity contribution in [3.05, 3.63) is 59.2 Å². The second kappa shape index (κ2) is 5.58. The molecule has 0 aliphatic rings. The first kappa shape index (κ1) is 13.2. The third-order valence-corrected chi connectivity index (χ3v) is 3.09. The first-order chi connectivity index (χ1) is 9.13. The summed E-state index contributed by atoms with van der Waals surface area (Å²) in [4.78, 5) is 0. The number of hydrogen-bond acceptors (Lipinski definition) is 2. The van der Waals surface area contributed by atoms with E-state index < -0.39 is 0 Å². The second-order valence-corrected chi connectivity index (χ2v) is 4.86. The van der Waals surface area contributed by atoms with Gasteiger partial charge >= 0.3 is 0 Å². The smallest absolute Gasteiger partial charge is 0.148 e. The molecule has 0 bridgehead atoms. The standard InChI is InChI=1S/C17H17NO/c1-12(2)15-9-4-5-10-16(15)19-17-13(3)7-6-8-14(17)11-18/h4-10,12H,1-3H3. The van der Waals surface area contributed by atoms with Crippen LogP contribution in [0.3, 0.4) is 0 Å². The number of ether oxygens (including phenoxy) is 1. The molecule has 0 fully saturated rings. The number of benzene rings is 2. The van der Waals surface area contributed by atoms with Crippen molar-refractivity contribution in [3.8, 4) is 17.6 Å². The molecule has 2 aromatic rings. The number of nitriles is 1. The van der Waals surface area contributed by atoms with Crippen molar-refractivity contribution in [2.45, 2.75) is 26.7 Å². The highest BCUT2D eigenvalue weighted by molar-refractivity contribution is 5.51. The Labute approximate surface area is 114 Å². The highest BCUT2D eigenvalue weighted by Gasteiger charge is 2.12. The second-order valence-electron chi connectivity index (χ2n) is 4.86. The Morgan fingerprint density at radius 3 is 2.47 bits per heavy atom. The quantitative estimate of drug-likeness (QED) is 0.786. The molecule has 0 saturated heterocycles. The van der Waals surface area contributed by atoms with Crippen molar-refractivity contribution in [2.24, 2.45) is 0 Å². The van der Waals surface area contributed by atoms with Crippen molar-refractivity contribution in [1.82, 2.24) is 0 Å². The van der Waals surface area contributed by atoms with Gasteiger partial charge in [0.1, 0.15) is 17.6 Å². The maximum atomic E-state index is 9.17. The molecular weight excluding hydrogens is 234 g/mol. The summed E-state index contributed by atoms with van der Waals surface area (Å²) in [6.45, 7) is 6.21. The molecule has 0 aromatic heterocycles. The Kier molecular flexibility index (Phi) is 3.87. The molecule has 0 unspecified atom stereocenters. The van der Waals surface area contributed by atoms with Gasteiger partial charge in [0.25, 0.3) is 0 Å². The molecule has 2 aromatic carbocycles. The summed E-state index contributed by atoms with van der Waals surface area (Å²) < 4.78 is 6.00. The summed E-state index contributed by atoms with van der Waals surface area (Å²) in [6.07, 6.45) is 0. The predicted octanol–water partition coefficient (Wildman–Crippen LogP) is 4.78. The molecule has 0 saturated carbocycles. The minimum Gasteiger partial charge on any atom is -0.455 e. The Morgan fingerprint density at radius 1 is 1.05 bits per heavy atom. The Bertz CT molecular complexity index is 623. The summed E-state index contributed by atoms with van der Waals surface area (Å²) in [7, 11) is 0. The fraction of sp³-hybridized carbons (Fsp3) is 0.235. The molecule has 2 nitrogen and oxygen atoms in total. The van der Waals surface area contributed by atoms with Crippen LogP contribution in [-0.4, -0.2) is 0 Å². The van der Waals surface area contributed by atoms with Crippen LogP contribution in [0.25, 0.3) is 0 Å². The van der Waals surface area contributed by atoms with E-state index in [0.717, 1.165) is 16.9 Å². The largest absolute Gasteiger partial charge is 0.455 e. The van der Waals surface area contributed by atoms with Crippen LogP contribution in [0, 0.1) is 18.3 Å². The molecule has 0 aliphatic carbocycles. The van der Waals surface area contributed by atoms with E-state index >= 15 is 0 Å². The van der Waals surface area contributed by atoms with E-state index in [1.807, 2.05) is 37.3 Å². The van der Waals surface area contributed by atoms with Crippen LogP contribution >= 0.6 is 0 Å². The van der Waals surface area contributed by atoms with Crippen LogP contribution in [-0.2, 0) is 0 Å². The molecule has 0 radical (unpaired) electrons. The average molecular weight is 251 g/mol. The van der Waals surface area contributed by atoms with Crippen molar-refractivity contribution >= 4 is 0 Å². The molecule has 0 spiro atoms. The third kappa shape index (κ3) is 2.77. The minimum atomic E-state index is 0.380. The molecule has 0 heterocycles. The van der Waals surface area contributed by atoms with Crippen LogP contribution < -0.4 is 4.74 Å². The SMILES string of the molecule is Cc1cccc(C#N)c1Oc1ccccc1C(C)C. The summed E-state index contributed by atoms with van der Waals surface area (Å²) >= 11 is 0. The lowest BCUT2D eigenvalue weighted by molar-refractivity contribution is 0.468. The molecule has 19 heavy (non-hydrogen) atoms. The van der Waals surface area contributed by atoms with Gasteiger partial charge in [-0.1, -0.05) is 44.2 Å². The number of nitrogens with zero attached hydrogens (tertiary/aromatic N) is 1. The molecule has 2 heteroatoms. The molecule has 0 atom stereocenters. The zero-order valence-corrected chi connectivity index (χ0v) is 11.5. The molecular formula is C17H17NO. The third-order valence-electron chi connectivity index (χ3n) is 3.09. The van der Waals surface area contributed by atoms with Crippen LogP contribution in [0.4, 0.5) is 0 Å². The van der Waals surface area contributed by atoms with Crippen LogP contribution in [0.1, 0.15) is 36.5 Å². The van der Waals surface area contributed by atoms with Gasteiger partial charge in [-0.3, -0.25) is 0 Å². The van der Waals surface area contributed by atoms with E-state index in [-0.39, 0.29) is 0 Å². The molecule has 2 rings (SSSR count). The van der Waals surface area contributed by atoms with E-state index in [9.17, 15) is 0 Å². The van der Waals surface area contributed by atoms with Gasteiger partial charge < -0.3 is 4.74 Å². The van der Waals surface area contributed by atoms with Crippen LogP contribution in [0.15, 0.2) is 42.5 Å². The zero-order chi connectivity index (χ0) is 13.8. The summed E-state index contributed by atoms with van der Waals surface area (Å²) in [5.74, 6) is 1.85. The number of para-hydroxylation sites is 2. The first-order valence-corrected chi connectivity index (χ1v) is 6.40. The van der Waals surface area contributed by atoms with Gasteiger partial charge in [-0.2, -0.15) is 5.26 Å². The van der Waals surface area contributed by atoms with Gasteiger partial charge in [-0.15, -0.1) is 0 Å². The Morgan fingerprint density at radius 2 is 1.79 bits per heavy atom. The van der Waals surface area contributed by atoms with E-state index in [4.69, 9.17) is 10.00 Å². The van der Waals surface area contributed by atoms with Crippen LogP contribution in [0.2, 0.25) is 0 Å². The summed E-state index contributed by atoms with van der Waals surface area (Å²) in [5, 5.41) is 9.17. The number of hydrogen-bond donors (Lipinski definition) is 0. The summed E-state index contributed by atoms with van der Waals surface area (Å²) in [6, 6.07) is 15.7. The lowest BCUT2D eigenvalue weighted by Crippen LogP contribution is -1.96. The maximum Gasteiger partial charge on any atom is 0.148 e. The van der Waals surface area contributed by atoms with Gasteiger partial charge in [0, 0.05) is 0 Å². The average Bonchev–Trinajstić information content (AvgIpc) is 2.41. The monoisotopic (exact) mass is 251 g/mol. The predicted molar refractivity (Wildman–Crippen MR) is 76.5 cm³/mol. The lowest BCUT2D eigenvalue weighted by atomic mass is 10.0. The first-order valence-electron chi connectivity index (χ1n) is 6.40. The van der Waals surface area contributed by atoms with Crippen molar-refractivity contribution < 1.29 is 4.74 Å². The van der Waals surface area contributed by atoms with Crippen molar-refractivity contribution in [1.29, 1.82) is 5.26 Å². The summed E-state index contributed by atoms with van der Waals surface area (Å²) in [5.41, 5.74) is 2.69. The minimum absolute atomic E-state index is 0.380. The topological polar surface area (TPSA) is 33.0 Å². The molecule has 0 amide bonds. The molecule has 0 N–H and O–H groups in total. The lowest BCUT2D eigenvalue weighted by Gasteiger charge is -2.15. The van der Waals surface area contributed by atoms with Crippen LogP contribution in [0.5, 0.6) is 11.5 Å². The van der Waals surface area contributed by atoms with E-state index in [2.05, 4.69) is 26.0 Å². The van der Waals surface area contributed by atoms with Gasteiger partial charge in [-0.05, 0) is 36.1 Å². The fourth-order valence-corrected chi connectivity index (χ4v) is 2.04. The Hall–Kier alpha value is -2.27. The van der Waals surface area contributed by atoms with Crippen molar-refractivity contribution in [2.75, 3.05) is 0 Å². The highest BCUT2D eigenvalue weighted by Crippen LogP contribution is 2.33. The maximum absolute atomic E-state index is 9.17. The van der Waals surface area contributed by atoms with Gasteiger partial charge in [0.05, 0.1) is 5.56 Å². The normalized spacial score (nSPS) is 10.3. The number of aryl methyl sites for hydroxylation is 1. The molecule has 0 aliphatic heterocycles. The van der Waals surface area contributed by atoms with Gasteiger partial charge in [-0.25, -0.2) is 0 Å². The van der Waals surface area contributed by atoms with Gasteiger partial charge in [0.15, 0.2) is 0 Å². The van der Waals surface area contributed by atoms with E-state index in [1.165, 1.54) is 0 Å². The Balaban J connectivity index is 2.46. The zero-order valence-electron chi connectivity index (χ0n) is 11.5. The van der Waals surface area contributed by atoms with Gasteiger partial charge in [0.2, 0.25) is 0 Å².